The molecule has 0 spiro atoms. The molecule has 0 aliphatic rings. The van der Waals surface area contributed by atoms with Gasteiger partial charge in [-0.3, -0.25) is 4.68 Å². The first-order valence-corrected chi connectivity index (χ1v) is 6.95. The lowest BCUT2D eigenvalue weighted by Gasteiger charge is -2.22. The van der Waals surface area contributed by atoms with Crippen molar-refractivity contribution in [3.8, 4) is 0 Å². The molecule has 1 rings (SSSR count). The van der Waals surface area contributed by atoms with E-state index in [1.54, 1.807) is 6.20 Å². The fraction of sp³-hybridized carbons (Fsp3) is 0.714. The average Bonchev–Trinajstić information content (AvgIpc) is 2.76. The van der Waals surface area contributed by atoms with Crippen LogP contribution in [0.15, 0.2) is 12.3 Å². The fourth-order valence-corrected chi connectivity index (χ4v) is 1.91. The predicted octanol–water partition coefficient (Wildman–Crippen LogP) is 2.03. The first-order chi connectivity index (χ1) is 9.24. The number of hydrogen-bond acceptors (Lipinski definition) is 4. The minimum Gasteiger partial charge on any atom is -0.444 e. The highest BCUT2D eigenvalue weighted by molar-refractivity contribution is 5.67. The summed E-state index contributed by atoms with van der Waals surface area (Å²) < 4.78 is 7.14. The molecule has 0 saturated carbocycles. The number of ether oxygens (including phenoxy) is 1. The second-order valence-electron chi connectivity index (χ2n) is 6.11. The Morgan fingerprint density at radius 3 is 2.65 bits per heavy atom. The molecular weight excluding hydrogens is 256 g/mol. The fourth-order valence-electron chi connectivity index (χ4n) is 1.91. The molecule has 1 amide bonds. The van der Waals surface area contributed by atoms with Crippen LogP contribution in [0.25, 0.3) is 0 Å². The van der Waals surface area contributed by atoms with E-state index in [0.29, 0.717) is 13.1 Å². The molecule has 20 heavy (non-hydrogen) atoms. The van der Waals surface area contributed by atoms with E-state index in [9.17, 15) is 4.79 Å². The summed E-state index contributed by atoms with van der Waals surface area (Å²) in [6.45, 7) is 10.5. The number of alkyl carbamates (subject to hydrolysis) is 1. The lowest BCUT2D eigenvalue weighted by molar-refractivity contribution is 0.0524. The van der Waals surface area contributed by atoms with Crippen LogP contribution in [0.2, 0.25) is 0 Å². The van der Waals surface area contributed by atoms with Gasteiger partial charge in [-0.15, -0.1) is 0 Å². The first kappa shape index (κ1) is 16.5. The van der Waals surface area contributed by atoms with Crippen molar-refractivity contribution in [1.29, 1.82) is 0 Å². The van der Waals surface area contributed by atoms with Crippen LogP contribution in [-0.4, -0.2) is 34.6 Å². The van der Waals surface area contributed by atoms with Crippen LogP contribution in [0, 0.1) is 0 Å². The summed E-state index contributed by atoms with van der Waals surface area (Å²) in [4.78, 5) is 11.7. The van der Waals surface area contributed by atoms with Gasteiger partial charge in [0.15, 0.2) is 0 Å². The Kier molecular flexibility index (Phi) is 5.56. The molecule has 0 aromatic carbocycles. The number of amides is 1. The molecule has 1 aromatic heterocycles. The molecule has 0 bridgehead atoms. The monoisotopic (exact) mass is 282 g/mol. The van der Waals surface area contributed by atoms with Crippen LogP contribution in [0.1, 0.15) is 52.3 Å². The molecule has 1 atom stereocenters. The summed E-state index contributed by atoms with van der Waals surface area (Å²) in [7, 11) is 0. The highest BCUT2D eigenvalue weighted by atomic mass is 16.6. The van der Waals surface area contributed by atoms with Crippen molar-refractivity contribution < 1.29 is 9.53 Å². The molecule has 0 saturated heterocycles. The number of carbonyl (C=O) groups is 1. The molecule has 0 aliphatic heterocycles. The molecule has 6 nitrogen and oxygen atoms in total. The zero-order valence-electron chi connectivity index (χ0n) is 13.0. The Labute approximate surface area is 120 Å². The van der Waals surface area contributed by atoms with Crippen LogP contribution in [0.5, 0.6) is 0 Å². The SMILES string of the molecule is CC(C)n1nccc1C(CN)CNC(=O)OC(C)(C)C. The number of carbonyl (C=O) groups excluding carboxylic acids is 1. The summed E-state index contributed by atoms with van der Waals surface area (Å²) >= 11 is 0. The number of nitrogens with two attached hydrogens (primary N) is 1. The largest absolute Gasteiger partial charge is 0.444 e. The zero-order valence-corrected chi connectivity index (χ0v) is 13.0. The Balaban J connectivity index is 2.64. The van der Waals surface area contributed by atoms with Gasteiger partial charge in [-0.2, -0.15) is 5.10 Å². The van der Waals surface area contributed by atoms with Crippen molar-refractivity contribution >= 4 is 6.09 Å². The summed E-state index contributed by atoms with van der Waals surface area (Å²) in [5, 5.41) is 7.05. The third-order valence-corrected chi connectivity index (χ3v) is 2.78. The quantitative estimate of drug-likeness (QED) is 0.865. The van der Waals surface area contributed by atoms with E-state index in [1.807, 2.05) is 31.5 Å². The number of nitrogens with zero attached hydrogens (tertiary/aromatic N) is 2. The maximum Gasteiger partial charge on any atom is 0.407 e. The Morgan fingerprint density at radius 2 is 2.15 bits per heavy atom. The van der Waals surface area contributed by atoms with Crippen LogP contribution >= 0.6 is 0 Å². The number of nitrogens with one attached hydrogen (secondary N) is 1. The van der Waals surface area contributed by atoms with Gasteiger partial charge in [0.2, 0.25) is 0 Å². The van der Waals surface area contributed by atoms with Crippen LogP contribution in [-0.2, 0) is 4.74 Å². The summed E-state index contributed by atoms with van der Waals surface area (Å²) in [6.07, 6.45) is 1.33. The molecule has 3 N–H and O–H groups in total. The van der Waals surface area contributed by atoms with Gasteiger partial charge in [-0.05, 0) is 40.7 Å². The topological polar surface area (TPSA) is 82.2 Å². The van der Waals surface area contributed by atoms with Crippen molar-refractivity contribution in [3.05, 3.63) is 18.0 Å². The zero-order chi connectivity index (χ0) is 15.3. The van der Waals surface area contributed by atoms with Gasteiger partial charge in [-0.1, -0.05) is 0 Å². The number of aromatic nitrogens is 2. The minimum absolute atomic E-state index is 0.0208. The Morgan fingerprint density at radius 1 is 1.50 bits per heavy atom. The third-order valence-electron chi connectivity index (χ3n) is 2.78. The molecule has 1 aromatic rings. The molecular formula is C14H26N4O2. The normalized spacial score (nSPS) is 13.3. The first-order valence-electron chi connectivity index (χ1n) is 6.95. The van der Waals surface area contributed by atoms with Crippen LogP contribution < -0.4 is 11.1 Å². The van der Waals surface area contributed by atoms with Gasteiger partial charge >= 0.3 is 6.09 Å². The highest BCUT2D eigenvalue weighted by Gasteiger charge is 2.20. The standard InChI is InChI=1S/C14H26N4O2/c1-10(2)18-12(6-7-17-18)11(8-15)9-16-13(19)20-14(3,4)5/h6-7,10-11H,8-9,15H2,1-5H3,(H,16,19). The van der Waals surface area contributed by atoms with Gasteiger partial charge in [0, 0.05) is 36.9 Å². The summed E-state index contributed by atoms with van der Waals surface area (Å²) in [6, 6.07) is 2.20. The van der Waals surface area contributed by atoms with Crippen LogP contribution in [0.4, 0.5) is 4.79 Å². The van der Waals surface area contributed by atoms with Gasteiger partial charge in [0.05, 0.1) is 0 Å². The highest BCUT2D eigenvalue weighted by Crippen LogP contribution is 2.17. The van der Waals surface area contributed by atoms with Gasteiger partial charge in [0.1, 0.15) is 5.60 Å². The number of rotatable bonds is 5. The second kappa shape index (κ2) is 6.74. The second-order valence-corrected chi connectivity index (χ2v) is 6.11. The maximum absolute atomic E-state index is 11.7. The van der Waals surface area contributed by atoms with Gasteiger partial charge in [0.25, 0.3) is 0 Å². The Hall–Kier alpha value is -1.56. The van der Waals surface area contributed by atoms with Gasteiger partial charge in [-0.25, -0.2) is 4.79 Å². The lowest BCUT2D eigenvalue weighted by Crippen LogP contribution is -2.36. The summed E-state index contributed by atoms with van der Waals surface area (Å²) in [5.41, 5.74) is 6.34. The maximum atomic E-state index is 11.7. The molecule has 1 heterocycles. The van der Waals surface area contributed by atoms with Crippen molar-refractivity contribution in [2.45, 2.75) is 52.2 Å². The Bertz CT molecular complexity index is 435. The molecule has 1 unspecified atom stereocenters. The lowest BCUT2D eigenvalue weighted by atomic mass is 10.1. The van der Waals surface area contributed by atoms with Crippen molar-refractivity contribution in [1.82, 2.24) is 15.1 Å². The molecule has 0 fully saturated rings. The van der Waals surface area contributed by atoms with E-state index in [-0.39, 0.29) is 12.0 Å². The van der Waals surface area contributed by atoms with E-state index in [4.69, 9.17) is 10.5 Å². The van der Waals surface area contributed by atoms with Gasteiger partial charge < -0.3 is 15.8 Å². The minimum atomic E-state index is -0.498. The average molecular weight is 282 g/mol. The number of hydrogen-bond donors (Lipinski definition) is 2. The molecule has 6 heteroatoms. The smallest absolute Gasteiger partial charge is 0.407 e. The van der Waals surface area contributed by atoms with Crippen molar-refractivity contribution in [2.24, 2.45) is 5.73 Å². The van der Waals surface area contributed by atoms with E-state index >= 15 is 0 Å². The van der Waals surface area contributed by atoms with E-state index < -0.39 is 11.7 Å². The van der Waals surface area contributed by atoms with E-state index in [2.05, 4.69) is 24.3 Å². The third kappa shape index (κ3) is 4.85. The summed E-state index contributed by atoms with van der Waals surface area (Å²) in [5.74, 6) is 0.0208. The molecule has 0 aliphatic carbocycles. The van der Waals surface area contributed by atoms with E-state index in [1.165, 1.54) is 0 Å². The molecule has 114 valence electrons. The van der Waals surface area contributed by atoms with Crippen molar-refractivity contribution in [3.63, 3.8) is 0 Å². The van der Waals surface area contributed by atoms with Crippen molar-refractivity contribution in [2.75, 3.05) is 13.1 Å². The van der Waals surface area contributed by atoms with Crippen LogP contribution in [0.3, 0.4) is 0 Å². The molecule has 0 radical (unpaired) electrons. The van der Waals surface area contributed by atoms with E-state index in [0.717, 1.165) is 5.69 Å². The predicted molar refractivity (Wildman–Crippen MR) is 78.6 cm³/mol.